The molecular weight excluding hydrogens is 200 g/mol. The average Bonchev–Trinajstić information content (AvgIpc) is 2.39. The zero-order valence-electron chi connectivity index (χ0n) is 9.43. The standard InChI is InChI=1S/C14H18O2/c15-13(11-7-3-1-4-8-11)14(16)12-9-5-2-6-10-12/h1,3-4,7-8,12,14,16H,2,5-6,9-10H2/t14-/m0/s1. The van der Waals surface area contributed by atoms with Crippen molar-refractivity contribution in [2.24, 2.45) is 5.92 Å². The number of hydrogen-bond acceptors (Lipinski definition) is 2. The molecule has 0 unspecified atom stereocenters. The third-order valence-corrected chi connectivity index (χ3v) is 3.42. The van der Waals surface area contributed by atoms with Gasteiger partial charge < -0.3 is 5.11 Å². The fraction of sp³-hybridized carbons (Fsp3) is 0.500. The lowest BCUT2D eigenvalue weighted by Crippen LogP contribution is -2.31. The molecule has 0 radical (unpaired) electrons. The Labute approximate surface area is 96.3 Å². The van der Waals surface area contributed by atoms with Gasteiger partial charge in [0.15, 0.2) is 5.78 Å². The van der Waals surface area contributed by atoms with Gasteiger partial charge in [-0.2, -0.15) is 0 Å². The van der Waals surface area contributed by atoms with Crippen LogP contribution in [-0.2, 0) is 0 Å². The third kappa shape index (κ3) is 2.50. The summed E-state index contributed by atoms with van der Waals surface area (Å²) in [5.74, 6) is 0.0500. The van der Waals surface area contributed by atoms with E-state index in [4.69, 9.17) is 0 Å². The first kappa shape index (κ1) is 11.3. The van der Waals surface area contributed by atoms with Crippen molar-refractivity contribution in [3.8, 4) is 0 Å². The van der Waals surface area contributed by atoms with Crippen molar-refractivity contribution in [2.75, 3.05) is 0 Å². The molecule has 0 spiro atoms. The summed E-state index contributed by atoms with van der Waals surface area (Å²) >= 11 is 0. The topological polar surface area (TPSA) is 37.3 Å². The van der Waals surface area contributed by atoms with Crippen LogP contribution < -0.4 is 0 Å². The van der Waals surface area contributed by atoms with Crippen molar-refractivity contribution in [3.63, 3.8) is 0 Å². The van der Waals surface area contributed by atoms with Gasteiger partial charge in [0.05, 0.1) is 0 Å². The first-order valence-electron chi connectivity index (χ1n) is 6.06. The summed E-state index contributed by atoms with van der Waals surface area (Å²) in [6.07, 6.45) is 4.69. The molecule has 0 bridgehead atoms. The molecule has 1 aromatic carbocycles. The lowest BCUT2D eigenvalue weighted by atomic mass is 9.82. The predicted molar refractivity (Wildman–Crippen MR) is 63.4 cm³/mol. The molecule has 1 aliphatic rings. The number of Topliss-reactive ketones (excluding diaryl/α,β-unsaturated/α-hetero) is 1. The number of rotatable bonds is 3. The number of ketones is 1. The highest BCUT2D eigenvalue weighted by Crippen LogP contribution is 2.27. The summed E-state index contributed by atoms with van der Waals surface area (Å²) in [6, 6.07) is 9.09. The van der Waals surface area contributed by atoms with E-state index in [0.29, 0.717) is 5.56 Å². The minimum atomic E-state index is -0.803. The molecule has 16 heavy (non-hydrogen) atoms. The Hall–Kier alpha value is -1.15. The van der Waals surface area contributed by atoms with Crippen molar-refractivity contribution < 1.29 is 9.90 Å². The van der Waals surface area contributed by atoms with E-state index in [9.17, 15) is 9.90 Å². The minimum Gasteiger partial charge on any atom is -0.385 e. The van der Waals surface area contributed by atoms with Crippen LogP contribution in [0.5, 0.6) is 0 Å². The molecule has 1 aliphatic carbocycles. The zero-order chi connectivity index (χ0) is 11.4. The molecule has 1 aromatic rings. The van der Waals surface area contributed by atoms with E-state index in [-0.39, 0.29) is 11.7 Å². The molecule has 1 N–H and O–H groups in total. The van der Waals surface area contributed by atoms with E-state index >= 15 is 0 Å². The fourth-order valence-electron chi connectivity index (χ4n) is 2.44. The second-order valence-electron chi connectivity index (χ2n) is 4.57. The molecule has 0 aliphatic heterocycles. The molecule has 2 heteroatoms. The number of aliphatic hydroxyl groups excluding tert-OH is 1. The van der Waals surface area contributed by atoms with E-state index in [2.05, 4.69) is 0 Å². The number of carbonyl (C=O) groups is 1. The Kier molecular flexibility index (Phi) is 3.73. The molecule has 1 fully saturated rings. The molecule has 0 heterocycles. The zero-order valence-corrected chi connectivity index (χ0v) is 9.43. The molecular formula is C14H18O2. The van der Waals surface area contributed by atoms with E-state index in [1.165, 1.54) is 6.42 Å². The predicted octanol–water partition coefficient (Wildman–Crippen LogP) is 2.81. The average molecular weight is 218 g/mol. The van der Waals surface area contributed by atoms with Crippen LogP contribution in [0.2, 0.25) is 0 Å². The number of benzene rings is 1. The van der Waals surface area contributed by atoms with Crippen LogP contribution in [0.3, 0.4) is 0 Å². The molecule has 0 saturated heterocycles. The highest BCUT2D eigenvalue weighted by Gasteiger charge is 2.27. The highest BCUT2D eigenvalue weighted by molar-refractivity contribution is 5.99. The van der Waals surface area contributed by atoms with Gasteiger partial charge in [-0.15, -0.1) is 0 Å². The molecule has 1 atom stereocenters. The Morgan fingerprint density at radius 1 is 1.12 bits per heavy atom. The first-order chi connectivity index (χ1) is 7.79. The number of aliphatic hydroxyl groups is 1. The summed E-state index contributed by atoms with van der Waals surface area (Å²) in [5.41, 5.74) is 0.626. The van der Waals surface area contributed by atoms with Crippen LogP contribution in [0.4, 0.5) is 0 Å². The van der Waals surface area contributed by atoms with Crippen molar-refractivity contribution in [1.29, 1.82) is 0 Å². The van der Waals surface area contributed by atoms with Gasteiger partial charge in [-0.25, -0.2) is 0 Å². The number of carbonyl (C=O) groups excluding carboxylic acids is 1. The van der Waals surface area contributed by atoms with Crippen LogP contribution in [0.25, 0.3) is 0 Å². The van der Waals surface area contributed by atoms with Gasteiger partial charge in [0, 0.05) is 5.56 Å². The fourth-order valence-corrected chi connectivity index (χ4v) is 2.44. The Balaban J connectivity index is 2.04. The molecule has 0 aromatic heterocycles. The molecule has 1 saturated carbocycles. The second kappa shape index (κ2) is 5.26. The SMILES string of the molecule is O=C(c1ccccc1)[C@@H](O)C1CCCCC1. The highest BCUT2D eigenvalue weighted by atomic mass is 16.3. The maximum Gasteiger partial charge on any atom is 0.191 e. The van der Waals surface area contributed by atoms with Gasteiger partial charge in [-0.05, 0) is 18.8 Å². The van der Waals surface area contributed by atoms with Crippen molar-refractivity contribution in [1.82, 2.24) is 0 Å². The largest absolute Gasteiger partial charge is 0.385 e. The van der Waals surface area contributed by atoms with Crippen LogP contribution >= 0.6 is 0 Å². The van der Waals surface area contributed by atoms with Gasteiger partial charge in [-0.1, -0.05) is 49.6 Å². The lowest BCUT2D eigenvalue weighted by Gasteiger charge is -2.25. The summed E-state index contributed by atoms with van der Waals surface area (Å²) in [5, 5.41) is 10.0. The lowest BCUT2D eigenvalue weighted by molar-refractivity contribution is 0.0534. The monoisotopic (exact) mass is 218 g/mol. The summed E-state index contributed by atoms with van der Waals surface area (Å²) in [4.78, 5) is 12.0. The Morgan fingerprint density at radius 3 is 2.38 bits per heavy atom. The summed E-state index contributed by atoms with van der Waals surface area (Å²) in [6.45, 7) is 0. The van der Waals surface area contributed by atoms with Gasteiger partial charge >= 0.3 is 0 Å². The van der Waals surface area contributed by atoms with E-state index < -0.39 is 6.10 Å². The smallest absolute Gasteiger partial charge is 0.191 e. The maximum absolute atomic E-state index is 12.0. The minimum absolute atomic E-state index is 0.118. The number of hydrogen-bond donors (Lipinski definition) is 1. The quantitative estimate of drug-likeness (QED) is 0.792. The van der Waals surface area contributed by atoms with Gasteiger partial charge in [0.25, 0.3) is 0 Å². The normalized spacial score (nSPS) is 19.3. The first-order valence-corrected chi connectivity index (χ1v) is 6.06. The van der Waals surface area contributed by atoms with Crippen LogP contribution in [0, 0.1) is 5.92 Å². The molecule has 2 rings (SSSR count). The van der Waals surface area contributed by atoms with E-state index in [1.54, 1.807) is 12.1 Å². The van der Waals surface area contributed by atoms with Gasteiger partial charge in [-0.3, -0.25) is 4.79 Å². The van der Waals surface area contributed by atoms with Crippen LogP contribution in [0.1, 0.15) is 42.5 Å². The van der Waals surface area contributed by atoms with Crippen molar-refractivity contribution >= 4 is 5.78 Å². The Bertz CT molecular complexity index is 339. The Morgan fingerprint density at radius 2 is 1.75 bits per heavy atom. The van der Waals surface area contributed by atoms with Crippen molar-refractivity contribution in [3.05, 3.63) is 35.9 Å². The van der Waals surface area contributed by atoms with Crippen LogP contribution in [-0.4, -0.2) is 17.0 Å². The van der Waals surface area contributed by atoms with Crippen LogP contribution in [0.15, 0.2) is 30.3 Å². The van der Waals surface area contributed by atoms with Crippen molar-refractivity contribution in [2.45, 2.75) is 38.2 Å². The molecule has 2 nitrogen and oxygen atoms in total. The maximum atomic E-state index is 12.0. The summed E-state index contributed by atoms with van der Waals surface area (Å²) in [7, 11) is 0. The van der Waals surface area contributed by atoms with Gasteiger partial charge in [0.1, 0.15) is 6.10 Å². The third-order valence-electron chi connectivity index (χ3n) is 3.42. The molecule has 0 amide bonds. The molecule has 86 valence electrons. The van der Waals surface area contributed by atoms with E-state index in [1.807, 2.05) is 18.2 Å². The summed E-state index contributed by atoms with van der Waals surface area (Å²) < 4.78 is 0. The van der Waals surface area contributed by atoms with E-state index in [0.717, 1.165) is 25.7 Å². The second-order valence-corrected chi connectivity index (χ2v) is 4.57. The van der Waals surface area contributed by atoms with Gasteiger partial charge in [0.2, 0.25) is 0 Å².